The van der Waals surface area contributed by atoms with Gasteiger partial charge in [-0.2, -0.15) is 0 Å². The normalized spacial score (nSPS) is 64.6. The van der Waals surface area contributed by atoms with Gasteiger partial charge in [0.2, 0.25) is 0 Å². The molecule has 0 bridgehead atoms. The van der Waals surface area contributed by atoms with E-state index in [1.807, 2.05) is 13.8 Å². The van der Waals surface area contributed by atoms with Crippen LogP contribution in [0.5, 0.6) is 0 Å². The van der Waals surface area contributed by atoms with E-state index in [0.29, 0.717) is 0 Å². The lowest BCUT2D eigenvalue weighted by molar-refractivity contribution is -0.129. The monoisotopic (exact) mass is 232 g/mol. The number of hydrogen-bond acceptors (Lipinski definition) is 2. The molecule has 6 atom stereocenters. The summed E-state index contributed by atoms with van der Waals surface area (Å²) in [5.41, 5.74) is 0. The second-order valence-corrected chi connectivity index (χ2v) is 6.05. The van der Waals surface area contributed by atoms with E-state index in [0.717, 1.165) is 0 Å². The number of alkyl halides is 2. The van der Waals surface area contributed by atoms with Crippen molar-refractivity contribution in [3.8, 4) is 0 Å². The fourth-order valence-corrected chi connectivity index (χ4v) is 4.05. The molecular formula is C10H10Cl2O2. The molecule has 0 unspecified atom stereocenters. The maximum Gasteiger partial charge on any atom is 0.160 e. The third-order valence-electron chi connectivity index (χ3n) is 4.33. The van der Waals surface area contributed by atoms with Gasteiger partial charge in [-0.25, -0.2) is 0 Å². The largest absolute Gasteiger partial charge is 0.297 e. The number of Topliss-reactive ketones (excluding diaryl/α,β-unsaturated/α-hetero) is 2. The standard InChI is InChI=1S/C10H10Cl2O2/c1-3-5-7(13)10(12)4(2)6(10)8(14)9(3,5)11/h3-6H,1-2H3/t3-,4+,5+,6-,9-,10+. The molecule has 0 N–H and O–H groups in total. The van der Waals surface area contributed by atoms with Crippen LogP contribution >= 0.6 is 23.2 Å². The molecule has 0 amide bonds. The van der Waals surface area contributed by atoms with Crippen LogP contribution in [-0.4, -0.2) is 21.3 Å². The molecule has 76 valence electrons. The Morgan fingerprint density at radius 2 is 1.21 bits per heavy atom. The van der Waals surface area contributed by atoms with Crippen molar-refractivity contribution in [1.29, 1.82) is 0 Å². The van der Waals surface area contributed by atoms with Crippen LogP contribution in [-0.2, 0) is 9.59 Å². The van der Waals surface area contributed by atoms with Crippen molar-refractivity contribution in [3.63, 3.8) is 0 Å². The maximum atomic E-state index is 11.9. The Morgan fingerprint density at radius 1 is 0.929 bits per heavy atom. The fourth-order valence-electron chi connectivity index (χ4n) is 3.11. The van der Waals surface area contributed by atoms with E-state index in [4.69, 9.17) is 23.2 Å². The molecule has 0 saturated heterocycles. The predicted molar refractivity (Wildman–Crippen MR) is 52.5 cm³/mol. The third-order valence-corrected chi connectivity index (χ3v) is 5.86. The molecule has 0 aliphatic heterocycles. The zero-order valence-corrected chi connectivity index (χ0v) is 9.39. The summed E-state index contributed by atoms with van der Waals surface area (Å²) in [6.45, 7) is 3.70. The van der Waals surface area contributed by atoms with Crippen molar-refractivity contribution in [2.75, 3.05) is 0 Å². The van der Waals surface area contributed by atoms with Crippen LogP contribution in [0, 0.1) is 23.7 Å². The zero-order chi connectivity index (χ0) is 10.5. The van der Waals surface area contributed by atoms with Gasteiger partial charge in [-0.3, -0.25) is 9.59 Å². The minimum atomic E-state index is -0.898. The van der Waals surface area contributed by atoms with Crippen molar-refractivity contribution in [1.82, 2.24) is 0 Å². The van der Waals surface area contributed by atoms with Gasteiger partial charge < -0.3 is 0 Å². The van der Waals surface area contributed by atoms with Crippen molar-refractivity contribution >= 4 is 34.8 Å². The molecule has 0 heterocycles. The Hall–Kier alpha value is -0.0800. The molecule has 3 aliphatic rings. The minimum absolute atomic E-state index is 0.00114. The molecule has 3 fully saturated rings. The maximum absolute atomic E-state index is 11.9. The minimum Gasteiger partial charge on any atom is -0.297 e. The highest BCUT2D eigenvalue weighted by Gasteiger charge is 2.86. The summed E-state index contributed by atoms with van der Waals surface area (Å²) in [4.78, 5) is 22.1. The smallest absolute Gasteiger partial charge is 0.160 e. The molecule has 14 heavy (non-hydrogen) atoms. The van der Waals surface area contributed by atoms with E-state index >= 15 is 0 Å². The molecule has 3 rings (SSSR count). The van der Waals surface area contributed by atoms with Crippen LogP contribution < -0.4 is 0 Å². The van der Waals surface area contributed by atoms with Crippen LogP contribution in [0.4, 0.5) is 0 Å². The number of ketones is 2. The Kier molecular flexibility index (Phi) is 1.34. The van der Waals surface area contributed by atoms with Crippen molar-refractivity contribution in [2.24, 2.45) is 23.7 Å². The number of carbonyl (C=O) groups is 2. The second kappa shape index (κ2) is 2.05. The number of halogens is 2. The van der Waals surface area contributed by atoms with E-state index < -0.39 is 9.75 Å². The second-order valence-electron chi connectivity index (χ2n) is 4.80. The first-order valence-electron chi connectivity index (χ1n) is 4.84. The fraction of sp³-hybridized carbons (Fsp3) is 0.800. The number of fused-ring (bicyclic) bond motifs is 2. The summed E-state index contributed by atoms with van der Waals surface area (Å²) >= 11 is 12.3. The van der Waals surface area contributed by atoms with E-state index in [1.165, 1.54) is 0 Å². The lowest BCUT2D eigenvalue weighted by Crippen LogP contribution is -2.37. The highest BCUT2D eigenvalue weighted by atomic mass is 35.5. The van der Waals surface area contributed by atoms with Crippen LogP contribution in [0.25, 0.3) is 0 Å². The van der Waals surface area contributed by atoms with Gasteiger partial charge in [0.05, 0.1) is 11.8 Å². The van der Waals surface area contributed by atoms with Crippen LogP contribution in [0.3, 0.4) is 0 Å². The molecule has 0 aromatic carbocycles. The summed E-state index contributed by atoms with van der Waals surface area (Å²) in [7, 11) is 0. The first-order valence-corrected chi connectivity index (χ1v) is 5.60. The SMILES string of the molecule is C[C@@H]1[C@H]2C(=O)[C@]3(Cl)[C@@H](C)[C@@H]3C(=O)[C@@]12Cl. The van der Waals surface area contributed by atoms with Gasteiger partial charge in [-0.15, -0.1) is 23.2 Å². The van der Waals surface area contributed by atoms with Crippen molar-refractivity contribution in [3.05, 3.63) is 0 Å². The average molecular weight is 233 g/mol. The highest BCUT2D eigenvalue weighted by Crippen LogP contribution is 2.73. The lowest BCUT2D eigenvalue weighted by Gasteiger charge is -2.16. The molecule has 3 saturated carbocycles. The van der Waals surface area contributed by atoms with E-state index in [-0.39, 0.29) is 35.2 Å². The number of hydrogen-bond donors (Lipinski definition) is 0. The summed E-state index contributed by atoms with van der Waals surface area (Å²) in [5.74, 6) is -0.706. The van der Waals surface area contributed by atoms with Gasteiger partial charge in [-0.1, -0.05) is 13.8 Å². The Bertz CT molecular complexity index is 344. The molecule has 4 heteroatoms. The van der Waals surface area contributed by atoms with Gasteiger partial charge in [0.15, 0.2) is 11.6 Å². The Morgan fingerprint density at radius 3 is 1.50 bits per heavy atom. The topological polar surface area (TPSA) is 34.1 Å². The van der Waals surface area contributed by atoms with E-state index in [9.17, 15) is 9.59 Å². The lowest BCUT2D eigenvalue weighted by atomic mass is 9.97. The van der Waals surface area contributed by atoms with Crippen LogP contribution in [0.2, 0.25) is 0 Å². The third kappa shape index (κ3) is 0.619. The summed E-state index contributed by atoms with van der Waals surface area (Å²) in [6, 6.07) is 0. The molecule has 0 aromatic heterocycles. The molecule has 0 aromatic rings. The first kappa shape index (κ1) is 9.17. The van der Waals surface area contributed by atoms with E-state index in [1.54, 1.807) is 0 Å². The van der Waals surface area contributed by atoms with Crippen molar-refractivity contribution < 1.29 is 9.59 Å². The Labute approximate surface area is 91.9 Å². The average Bonchev–Trinajstić information content (AvgIpc) is 2.87. The Balaban J connectivity index is 2.09. The molecule has 2 nitrogen and oxygen atoms in total. The molecule has 0 radical (unpaired) electrons. The predicted octanol–water partition coefficient (Wildman–Crippen LogP) is 1.63. The summed E-state index contributed by atoms with van der Waals surface area (Å²) in [5, 5.41) is 0. The van der Waals surface area contributed by atoms with Gasteiger partial charge in [0.1, 0.15) is 9.75 Å². The van der Waals surface area contributed by atoms with Crippen LogP contribution in [0.15, 0.2) is 0 Å². The highest BCUT2D eigenvalue weighted by molar-refractivity contribution is 6.51. The van der Waals surface area contributed by atoms with Gasteiger partial charge in [0, 0.05) is 0 Å². The molecule has 0 spiro atoms. The van der Waals surface area contributed by atoms with Gasteiger partial charge in [-0.05, 0) is 11.8 Å². The molecular weight excluding hydrogens is 223 g/mol. The number of rotatable bonds is 0. The quantitative estimate of drug-likeness (QED) is 0.596. The van der Waals surface area contributed by atoms with E-state index in [2.05, 4.69) is 0 Å². The van der Waals surface area contributed by atoms with Crippen LogP contribution in [0.1, 0.15) is 13.8 Å². The zero-order valence-electron chi connectivity index (χ0n) is 7.88. The van der Waals surface area contributed by atoms with Gasteiger partial charge in [0.25, 0.3) is 0 Å². The first-order chi connectivity index (χ1) is 6.37. The summed E-state index contributed by atoms with van der Waals surface area (Å²) < 4.78 is 0. The molecule has 3 aliphatic carbocycles. The van der Waals surface area contributed by atoms with Gasteiger partial charge >= 0.3 is 0 Å². The number of carbonyl (C=O) groups excluding carboxylic acids is 2. The van der Waals surface area contributed by atoms with Crippen molar-refractivity contribution in [2.45, 2.75) is 23.6 Å². The summed E-state index contributed by atoms with van der Waals surface area (Å²) in [6.07, 6.45) is 0.